The molecule has 0 aromatic heterocycles. The van der Waals surface area contributed by atoms with Crippen LogP contribution in [0.25, 0.3) is 11.1 Å². The van der Waals surface area contributed by atoms with Crippen molar-refractivity contribution < 1.29 is 31.5 Å². The zero-order valence-electron chi connectivity index (χ0n) is 22.4. The normalized spacial score (nSPS) is 16.6. The van der Waals surface area contributed by atoms with Gasteiger partial charge in [0.15, 0.2) is 0 Å². The van der Waals surface area contributed by atoms with Crippen molar-refractivity contribution in [1.29, 1.82) is 5.26 Å². The summed E-state index contributed by atoms with van der Waals surface area (Å²) < 4.78 is 68.6. The summed E-state index contributed by atoms with van der Waals surface area (Å²) >= 11 is 6.25. The van der Waals surface area contributed by atoms with Gasteiger partial charge in [-0.1, -0.05) is 48.0 Å². The third kappa shape index (κ3) is 6.72. The first-order valence-electron chi connectivity index (χ1n) is 12.9. The van der Waals surface area contributed by atoms with Crippen molar-refractivity contribution >= 4 is 23.4 Å². The lowest BCUT2D eigenvalue weighted by molar-refractivity contribution is -0.149. The minimum Gasteiger partial charge on any atom is -0.335 e. The van der Waals surface area contributed by atoms with E-state index in [1.807, 2.05) is 6.07 Å². The van der Waals surface area contributed by atoms with Crippen LogP contribution in [0.1, 0.15) is 35.7 Å². The molecule has 0 spiro atoms. The Labute approximate surface area is 244 Å². The Bertz CT molecular complexity index is 1500. The first-order valence-corrected chi connectivity index (χ1v) is 13.3. The zero-order chi connectivity index (χ0) is 30.7. The molecule has 220 valence electrons. The molecule has 0 aliphatic carbocycles. The highest BCUT2D eigenvalue weighted by atomic mass is 35.5. The Morgan fingerprint density at radius 3 is 2.12 bits per heavy atom. The highest BCUT2D eigenvalue weighted by Crippen LogP contribution is 2.32. The molecule has 12 heteroatoms. The molecule has 0 bridgehead atoms. The van der Waals surface area contributed by atoms with Gasteiger partial charge in [0.2, 0.25) is 0 Å². The van der Waals surface area contributed by atoms with Crippen LogP contribution in [0, 0.1) is 23.0 Å². The number of nitrogens with one attached hydrogen (secondary N) is 2. The van der Waals surface area contributed by atoms with E-state index < -0.39 is 52.8 Å². The van der Waals surface area contributed by atoms with E-state index in [1.165, 1.54) is 12.1 Å². The molecule has 2 amide bonds. The minimum atomic E-state index is -4.44. The number of nitriles is 1. The Morgan fingerprint density at radius 1 is 0.976 bits per heavy atom. The van der Waals surface area contributed by atoms with E-state index in [-0.39, 0.29) is 31.5 Å². The number of benzene rings is 3. The van der Waals surface area contributed by atoms with Crippen molar-refractivity contribution in [3.8, 4) is 17.2 Å². The van der Waals surface area contributed by atoms with Crippen LogP contribution in [0.3, 0.4) is 0 Å². The number of hydrogen-bond donors (Lipinski definition) is 2. The van der Waals surface area contributed by atoms with Crippen LogP contribution >= 0.6 is 11.6 Å². The SMILES string of the molecule is C[C@@](NC(=O)c1ccc(-c2ccccc2Cl)cc1)(C(=O)NC1(C#N)CCN(CC(F)(F)F)CC1)c1c(F)cccc1F. The van der Waals surface area contributed by atoms with Crippen LogP contribution in [0.4, 0.5) is 22.0 Å². The number of piperidine rings is 1. The first-order chi connectivity index (χ1) is 19.8. The second-order valence-electron chi connectivity index (χ2n) is 10.3. The number of halogens is 6. The Kier molecular flexibility index (Phi) is 8.89. The predicted molar refractivity (Wildman–Crippen MR) is 146 cm³/mol. The summed E-state index contributed by atoms with van der Waals surface area (Å²) in [7, 11) is 0. The fourth-order valence-corrected chi connectivity index (χ4v) is 5.20. The quantitative estimate of drug-likeness (QED) is 0.326. The van der Waals surface area contributed by atoms with Gasteiger partial charge in [-0.3, -0.25) is 14.5 Å². The lowest BCUT2D eigenvalue weighted by Crippen LogP contribution is -2.62. The van der Waals surface area contributed by atoms with E-state index in [9.17, 15) is 28.0 Å². The number of amides is 2. The summed E-state index contributed by atoms with van der Waals surface area (Å²) in [5.74, 6) is -4.17. The Morgan fingerprint density at radius 2 is 1.57 bits per heavy atom. The molecule has 0 saturated carbocycles. The molecule has 2 N–H and O–H groups in total. The second-order valence-corrected chi connectivity index (χ2v) is 10.7. The van der Waals surface area contributed by atoms with Gasteiger partial charge in [0.25, 0.3) is 11.8 Å². The topological polar surface area (TPSA) is 85.2 Å². The van der Waals surface area contributed by atoms with Gasteiger partial charge in [-0.05, 0) is 55.7 Å². The molecule has 1 saturated heterocycles. The number of rotatable bonds is 7. The maximum absolute atomic E-state index is 15.0. The molecule has 1 heterocycles. The van der Waals surface area contributed by atoms with Gasteiger partial charge < -0.3 is 10.6 Å². The van der Waals surface area contributed by atoms with E-state index in [1.54, 1.807) is 36.4 Å². The molecular formula is C30H26ClF5N4O2. The largest absolute Gasteiger partial charge is 0.401 e. The maximum Gasteiger partial charge on any atom is 0.401 e. The monoisotopic (exact) mass is 604 g/mol. The molecule has 0 radical (unpaired) electrons. The van der Waals surface area contributed by atoms with Crippen LogP contribution in [0.15, 0.2) is 66.7 Å². The number of alkyl halides is 3. The lowest BCUT2D eigenvalue weighted by atomic mass is 9.84. The third-order valence-corrected chi connectivity index (χ3v) is 7.62. The van der Waals surface area contributed by atoms with Crippen molar-refractivity contribution in [2.24, 2.45) is 0 Å². The standard InChI is InChI=1S/C30H26ClF5N4O2/c1-28(25-23(32)7-4-8-24(25)33,27(42)39-29(17-37)13-15-40(16-14-29)18-30(34,35)36)38-26(41)20-11-9-19(10-12-20)21-5-2-3-6-22(21)31/h2-12H,13-16,18H2,1H3,(H,38,41)(H,39,42)/t28-/m0/s1. The van der Waals surface area contributed by atoms with Gasteiger partial charge in [0.1, 0.15) is 22.7 Å². The summed E-state index contributed by atoms with van der Waals surface area (Å²) in [6.07, 6.45) is -4.77. The smallest absolute Gasteiger partial charge is 0.335 e. The van der Waals surface area contributed by atoms with Crippen LogP contribution < -0.4 is 10.6 Å². The first kappa shape index (κ1) is 30.9. The van der Waals surface area contributed by atoms with E-state index in [0.717, 1.165) is 30.0 Å². The number of carbonyl (C=O) groups excluding carboxylic acids is 2. The van der Waals surface area contributed by atoms with Gasteiger partial charge in [0.05, 0.1) is 18.2 Å². The van der Waals surface area contributed by atoms with E-state index in [2.05, 4.69) is 10.6 Å². The fraction of sp³-hybridized carbons (Fsp3) is 0.300. The van der Waals surface area contributed by atoms with E-state index >= 15 is 8.78 Å². The molecular weight excluding hydrogens is 579 g/mol. The molecule has 1 aliphatic heterocycles. The summed E-state index contributed by atoms with van der Waals surface area (Å²) in [4.78, 5) is 28.2. The van der Waals surface area contributed by atoms with Crippen molar-refractivity contribution in [2.75, 3.05) is 19.6 Å². The molecule has 3 aromatic carbocycles. The Balaban J connectivity index is 1.62. The highest BCUT2D eigenvalue weighted by Gasteiger charge is 2.47. The summed E-state index contributed by atoms with van der Waals surface area (Å²) in [5, 5.41) is 15.3. The molecule has 1 atom stereocenters. The summed E-state index contributed by atoms with van der Waals surface area (Å²) in [6, 6.07) is 18.1. The average molecular weight is 605 g/mol. The number of carbonyl (C=O) groups is 2. The predicted octanol–water partition coefficient (Wildman–Crippen LogP) is 5.97. The van der Waals surface area contributed by atoms with Gasteiger partial charge >= 0.3 is 6.18 Å². The van der Waals surface area contributed by atoms with Crippen LogP contribution in [-0.4, -0.2) is 48.1 Å². The van der Waals surface area contributed by atoms with Gasteiger partial charge in [0, 0.05) is 29.2 Å². The number of hydrogen-bond acceptors (Lipinski definition) is 4. The minimum absolute atomic E-state index is 0.0667. The van der Waals surface area contributed by atoms with Gasteiger partial charge in [-0.15, -0.1) is 0 Å². The average Bonchev–Trinajstić information content (AvgIpc) is 2.93. The molecule has 6 nitrogen and oxygen atoms in total. The molecule has 3 aromatic rings. The van der Waals surface area contributed by atoms with Crippen molar-refractivity contribution in [3.63, 3.8) is 0 Å². The third-order valence-electron chi connectivity index (χ3n) is 7.29. The van der Waals surface area contributed by atoms with Crippen molar-refractivity contribution in [1.82, 2.24) is 15.5 Å². The van der Waals surface area contributed by atoms with Crippen LogP contribution in [0.2, 0.25) is 5.02 Å². The summed E-state index contributed by atoms with van der Waals surface area (Å²) in [5.41, 5.74) is -3.25. The van der Waals surface area contributed by atoms with Crippen LogP contribution in [-0.2, 0) is 10.3 Å². The molecule has 4 rings (SSSR count). The molecule has 0 unspecified atom stereocenters. The van der Waals surface area contributed by atoms with E-state index in [0.29, 0.717) is 16.1 Å². The van der Waals surface area contributed by atoms with Crippen molar-refractivity contribution in [2.45, 2.75) is 37.0 Å². The number of nitrogens with zero attached hydrogens (tertiary/aromatic N) is 2. The second kappa shape index (κ2) is 12.1. The maximum atomic E-state index is 15.0. The molecule has 42 heavy (non-hydrogen) atoms. The summed E-state index contributed by atoms with van der Waals surface area (Å²) in [6.45, 7) is -0.375. The highest BCUT2D eigenvalue weighted by molar-refractivity contribution is 6.33. The van der Waals surface area contributed by atoms with Crippen LogP contribution in [0.5, 0.6) is 0 Å². The van der Waals surface area contributed by atoms with Crippen molar-refractivity contribution in [3.05, 3.63) is 94.5 Å². The van der Waals surface area contributed by atoms with Gasteiger partial charge in [-0.25, -0.2) is 8.78 Å². The lowest BCUT2D eigenvalue weighted by Gasteiger charge is -2.40. The van der Waals surface area contributed by atoms with Gasteiger partial charge in [-0.2, -0.15) is 18.4 Å². The fourth-order valence-electron chi connectivity index (χ4n) is 4.96. The molecule has 1 fully saturated rings. The zero-order valence-corrected chi connectivity index (χ0v) is 23.1. The number of likely N-dealkylation sites (tertiary alicyclic amines) is 1. The van der Waals surface area contributed by atoms with E-state index in [4.69, 9.17) is 11.6 Å². The Hall–Kier alpha value is -4.01. The molecule has 1 aliphatic rings.